The Morgan fingerprint density at radius 3 is 2.40 bits per heavy atom. The minimum absolute atomic E-state index is 0.139. The molecule has 0 fully saturated rings. The largest absolute Gasteiger partial charge is 0.308 e. The number of nitrogens with one attached hydrogen (secondary N) is 1. The second kappa shape index (κ2) is 8.20. The van der Waals surface area contributed by atoms with Gasteiger partial charge in [-0.25, -0.2) is 12.8 Å². The number of sulfonamides is 1. The van der Waals surface area contributed by atoms with Crippen molar-refractivity contribution in [1.82, 2.24) is 0 Å². The lowest BCUT2D eigenvalue weighted by molar-refractivity contribution is 0.0985. The molecule has 8 heteroatoms. The van der Waals surface area contributed by atoms with E-state index in [0.29, 0.717) is 36.3 Å². The van der Waals surface area contributed by atoms with Crippen molar-refractivity contribution in [1.29, 1.82) is 0 Å². The SMILES string of the molecule is O=C(c1ccc(F)cc1)N1CCCc2cc(S(=O)(=O)Nc3ccc(Br)cc3)ccc21. The summed E-state index contributed by atoms with van der Waals surface area (Å²) < 4.78 is 42.2. The Hall–Kier alpha value is -2.71. The van der Waals surface area contributed by atoms with Crippen molar-refractivity contribution in [2.75, 3.05) is 16.2 Å². The summed E-state index contributed by atoms with van der Waals surface area (Å²) in [4.78, 5) is 14.6. The van der Waals surface area contributed by atoms with Gasteiger partial charge in [0.1, 0.15) is 5.82 Å². The van der Waals surface area contributed by atoms with Crippen molar-refractivity contribution in [3.8, 4) is 0 Å². The summed E-state index contributed by atoms with van der Waals surface area (Å²) in [6.07, 6.45) is 1.38. The summed E-state index contributed by atoms with van der Waals surface area (Å²) in [7, 11) is -3.76. The Bertz CT molecular complexity index is 1200. The number of fused-ring (bicyclic) bond motifs is 1. The average molecular weight is 489 g/mol. The highest BCUT2D eigenvalue weighted by atomic mass is 79.9. The smallest absolute Gasteiger partial charge is 0.261 e. The first-order chi connectivity index (χ1) is 14.3. The predicted molar refractivity (Wildman–Crippen MR) is 118 cm³/mol. The van der Waals surface area contributed by atoms with E-state index in [9.17, 15) is 17.6 Å². The van der Waals surface area contributed by atoms with Crippen LogP contribution < -0.4 is 9.62 Å². The number of benzene rings is 3. The topological polar surface area (TPSA) is 66.5 Å². The van der Waals surface area contributed by atoms with Gasteiger partial charge in [-0.1, -0.05) is 15.9 Å². The van der Waals surface area contributed by atoms with Crippen molar-refractivity contribution in [2.45, 2.75) is 17.7 Å². The Labute approximate surface area is 182 Å². The van der Waals surface area contributed by atoms with Crippen molar-refractivity contribution in [2.24, 2.45) is 0 Å². The third kappa shape index (κ3) is 4.24. The zero-order chi connectivity index (χ0) is 21.3. The molecule has 0 unspecified atom stereocenters. The van der Waals surface area contributed by atoms with Gasteiger partial charge < -0.3 is 4.90 Å². The number of anilines is 2. The molecule has 0 aromatic heterocycles. The van der Waals surface area contributed by atoms with Crippen LogP contribution in [0.15, 0.2) is 76.1 Å². The fraction of sp³-hybridized carbons (Fsp3) is 0.136. The molecule has 154 valence electrons. The van der Waals surface area contributed by atoms with E-state index in [1.807, 2.05) is 0 Å². The van der Waals surface area contributed by atoms with Gasteiger partial charge in [0, 0.05) is 28.0 Å². The van der Waals surface area contributed by atoms with Crippen LogP contribution in [0.5, 0.6) is 0 Å². The second-order valence-electron chi connectivity index (χ2n) is 6.97. The fourth-order valence-corrected chi connectivity index (χ4v) is 4.81. The third-order valence-corrected chi connectivity index (χ3v) is 6.82. The zero-order valence-corrected chi connectivity index (χ0v) is 18.2. The summed E-state index contributed by atoms with van der Waals surface area (Å²) >= 11 is 3.32. The van der Waals surface area contributed by atoms with E-state index >= 15 is 0 Å². The van der Waals surface area contributed by atoms with Gasteiger partial charge in [-0.15, -0.1) is 0 Å². The lowest BCUT2D eigenvalue weighted by Gasteiger charge is -2.30. The van der Waals surface area contributed by atoms with Crippen LogP contribution in [0.4, 0.5) is 15.8 Å². The molecule has 0 atom stereocenters. The number of carbonyl (C=O) groups is 1. The molecular formula is C22H18BrFN2O3S. The third-order valence-electron chi connectivity index (χ3n) is 4.91. The minimum Gasteiger partial charge on any atom is -0.308 e. The Kier molecular flexibility index (Phi) is 5.62. The van der Waals surface area contributed by atoms with E-state index in [0.717, 1.165) is 10.0 Å². The van der Waals surface area contributed by atoms with Crippen molar-refractivity contribution < 1.29 is 17.6 Å². The van der Waals surface area contributed by atoms with Gasteiger partial charge in [0.15, 0.2) is 0 Å². The molecule has 0 spiro atoms. The lowest BCUT2D eigenvalue weighted by atomic mass is 10.0. The van der Waals surface area contributed by atoms with E-state index in [1.165, 1.54) is 30.3 Å². The average Bonchev–Trinajstić information content (AvgIpc) is 2.74. The van der Waals surface area contributed by atoms with E-state index in [1.54, 1.807) is 41.3 Å². The van der Waals surface area contributed by atoms with Crippen molar-refractivity contribution >= 4 is 43.2 Å². The quantitative estimate of drug-likeness (QED) is 0.562. The number of hydrogen-bond acceptors (Lipinski definition) is 3. The Morgan fingerprint density at radius 2 is 1.70 bits per heavy atom. The molecule has 1 amide bonds. The molecular weight excluding hydrogens is 471 g/mol. The standard InChI is InChI=1S/C22H18BrFN2O3S/c23-17-5-9-19(10-6-17)25-30(28,29)20-11-12-21-16(14-20)2-1-13-26(21)22(27)15-3-7-18(24)8-4-15/h3-12,14,25H,1-2,13H2. The van der Waals surface area contributed by atoms with Crippen LogP contribution in [-0.4, -0.2) is 20.9 Å². The molecule has 3 aromatic carbocycles. The summed E-state index contributed by atoms with van der Waals surface area (Å²) in [6, 6.07) is 17.0. The number of halogens is 2. The van der Waals surface area contributed by atoms with Crippen molar-refractivity contribution in [3.05, 3.63) is 88.1 Å². The Balaban J connectivity index is 1.62. The molecule has 0 bridgehead atoms. The molecule has 3 aromatic rings. The lowest BCUT2D eigenvalue weighted by Crippen LogP contribution is -2.35. The zero-order valence-electron chi connectivity index (χ0n) is 15.8. The van der Waals surface area contributed by atoms with Gasteiger partial charge in [0.05, 0.1) is 4.90 Å². The molecule has 0 radical (unpaired) electrons. The van der Waals surface area contributed by atoms with Gasteiger partial charge in [0.2, 0.25) is 0 Å². The number of rotatable bonds is 4. The van der Waals surface area contributed by atoms with Crippen LogP contribution in [0, 0.1) is 5.82 Å². The van der Waals surface area contributed by atoms with Gasteiger partial charge >= 0.3 is 0 Å². The number of nitrogens with zero attached hydrogens (tertiary/aromatic N) is 1. The van der Waals surface area contributed by atoms with E-state index < -0.39 is 15.8 Å². The van der Waals surface area contributed by atoms with Gasteiger partial charge in [-0.05, 0) is 85.1 Å². The second-order valence-corrected chi connectivity index (χ2v) is 9.57. The minimum atomic E-state index is -3.76. The maximum Gasteiger partial charge on any atom is 0.261 e. The normalized spacial score (nSPS) is 13.6. The van der Waals surface area contributed by atoms with Gasteiger partial charge in [-0.2, -0.15) is 0 Å². The van der Waals surface area contributed by atoms with Gasteiger partial charge in [0.25, 0.3) is 15.9 Å². The molecule has 0 saturated carbocycles. The molecule has 0 saturated heterocycles. The van der Waals surface area contributed by atoms with Crippen LogP contribution in [0.1, 0.15) is 22.3 Å². The molecule has 1 N–H and O–H groups in total. The summed E-state index contributed by atoms with van der Waals surface area (Å²) in [5, 5.41) is 0. The molecule has 30 heavy (non-hydrogen) atoms. The first-order valence-corrected chi connectivity index (χ1v) is 11.6. The van der Waals surface area contributed by atoms with E-state index in [4.69, 9.17) is 0 Å². The first kappa shape index (κ1) is 20.6. The maximum absolute atomic E-state index is 13.2. The van der Waals surface area contributed by atoms with E-state index in [2.05, 4.69) is 20.7 Å². The first-order valence-electron chi connectivity index (χ1n) is 9.32. The Morgan fingerprint density at radius 1 is 1.00 bits per heavy atom. The highest BCUT2D eigenvalue weighted by Gasteiger charge is 2.25. The summed E-state index contributed by atoms with van der Waals surface area (Å²) in [5.74, 6) is -0.640. The molecule has 1 heterocycles. The molecule has 1 aliphatic rings. The van der Waals surface area contributed by atoms with Crippen LogP contribution >= 0.6 is 15.9 Å². The van der Waals surface area contributed by atoms with Crippen molar-refractivity contribution in [3.63, 3.8) is 0 Å². The molecule has 4 rings (SSSR count). The summed E-state index contributed by atoms with van der Waals surface area (Å²) in [5.41, 5.74) is 2.32. The number of amides is 1. The maximum atomic E-state index is 13.2. The van der Waals surface area contributed by atoms with Gasteiger partial charge in [-0.3, -0.25) is 9.52 Å². The number of carbonyl (C=O) groups excluding carboxylic acids is 1. The molecule has 5 nitrogen and oxygen atoms in total. The highest BCUT2D eigenvalue weighted by molar-refractivity contribution is 9.10. The highest BCUT2D eigenvalue weighted by Crippen LogP contribution is 2.31. The number of aryl methyl sites for hydroxylation is 1. The predicted octanol–water partition coefficient (Wildman–Crippen LogP) is 4.98. The van der Waals surface area contributed by atoms with Crippen LogP contribution in [-0.2, 0) is 16.4 Å². The van der Waals surface area contributed by atoms with Crippen LogP contribution in [0.25, 0.3) is 0 Å². The molecule has 0 aliphatic carbocycles. The van der Waals surface area contributed by atoms with E-state index in [-0.39, 0.29) is 10.8 Å². The van der Waals surface area contributed by atoms with Crippen LogP contribution in [0.2, 0.25) is 0 Å². The monoisotopic (exact) mass is 488 g/mol. The van der Waals surface area contributed by atoms with Crippen LogP contribution in [0.3, 0.4) is 0 Å². The fourth-order valence-electron chi connectivity index (χ4n) is 3.43. The summed E-state index contributed by atoms with van der Waals surface area (Å²) in [6.45, 7) is 0.520. The number of hydrogen-bond donors (Lipinski definition) is 1. The molecule has 1 aliphatic heterocycles.